The number of thioether (sulfide) groups is 1. The molecule has 0 amide bonds. The number of ether oxygens (including phenoxy) is 1. The molecule has 0 N–H and O–H groups in total. The summed E-state index contributed by atoms with van der Waals surface area (Å²) in [6.07, 6.45) is 14.3. The lowest BCUT2D eigenvalue weighted by Crippen LogP contribution is -2.18. The van der Waals surface area contributed by atoms with Gasteiger partial charge >= 0.3 is 5.97 Å². The molecule has 1 unspecified atom stereocenters. The molecule has 196 valence electrons. The maximum Gasteiger partial charge on any atom is 0.338 e. The summed E-state index contributed by atoms with van der Waals surface area (Å²) < 4.78 is 5.90. The minimum atomic E-state index is -0.222. The maximum atomic E-state index is 12.8. The Morgan fingerprint density at radius 3 is 2.14 bits per heavy atom. The molecule has 0 aromatic heterocycles. The first-order valence-electron chi connectivity index (χ1n) is 13.9. The van der Waals surface area contributed by atoms with Crippen molar-refractivity contribution in [2.45, 2.75) is 82.6 Å². The second-order valence-electron chi connectivity index (χ2n) is 9.55. The van der Waals surface area contributed by atoms with Crippen LogP contribution < -0.4 is 0 Å². The molecule has 3 aromatic rings. The number of benzene rings is 3. The van der Waals surface area contributed by atoms with E-state index in [0.717, 1.165) is 55.4 Å². The van der Waals surface area contributed by atoms with Crippen molar-refractivity contribution in [2.75, 3.05) is 5.75 Å². The van der Waals surface area contributed by atoms with Gasteiger partial charge in [0.1, 0.15) is 6.10 Å². The molecule has 0 saturated heterocycles. The lowest BCUT2D eigenvalue weighted by molar-refractivity contribution is 0.0255. The number of carbonyl (C=O) groups is 1. The fraction of sp³-hybridized carbons (Fsp3) is 0.382. The number of rotatable bonds is 16. The summed E-state index contributed by atoms with van der Waals surface area (Å²) in [4.78, 5) is 14.1. The molecule has 2 nitrogen and oxygen atoms in total. The smallest absolute Gasteiger partial charge is 0.338 e. The molecule has 0 saturated carbocycles. The van der Waals surface area contributed by atoms with E-state index in [1.807, 2.05) is 42.1 Å². The molecule has 0 fully saturated rings. The van der Waals surface area contributed by atoms with Gasteiger partial charge in [0.15, 0.2) is 0 Å². The van der Waals surface area contributed by atoms with E-state index in [9.17, 15) is 4.79 Å². The molecule has 0 aliphatic heterocycles. The predicted octanol–water partition coefficient (Wildman–Crippen LogP) is 9.93. The first-order valence-corrected chi connectivity index (χ1v) is 14.9. The van der Waals surface area contributed by atoms with E-state index < -0.39 is 0 Å². The summed E-state index contributed by atoms with van der Waals surface area (Å²) in [7, 11) is 0. The van der Waals surface area contributed by atoms with E-state index in [-0.39, 0.29) is 12.1 Å². The van der Waals surface area contributed by atoms with Crippen LogP contribution >= 0.6 is 11.8 Å². The van der Waals surface area contributed by atoms with E-state index in [1.165, 1.54) is 29.7 Å². The third-order valence-corrected chi connectivity index (χ3v) is 7.52. The Bertz CT molecular complexity index is 1060. The first-order chi connectivity index (χ1) is 18.2. The lowest BCUT2D eigenvalue weighted by Gasteiger charge is -2.17. The second kappa shape index (κ2) is 16.9. The number of hydrogen-bond acceptors (Lipinski definition) is 3. The Hall–Kier alpha value is -2.78. The van der Waals surface area contributed by atoms with E-state index in [2.05, 4.69) is 74.5 Å². The van der Waals surface area contributed by atoms with Crippen LogP contribution in [0.25, 0.3) is 11.1 Å². The van der Waals surface area contributed by atoms with Gasteiger partial charge in [-0.1, -0.05) is 99.9 Å². The number of unbranched alkanes of at least 4 members (excludes halogenated alkanes) is 2. The quantitative estimate of drug-likeness (QED) is 0.0823. The van der Waals surface area contributed by atoms with Crippen LogP contribution in [-0.2, 0) is 11.2 Å². The zero-order chi connectivity index (χ0) is 26.1. The van der Waals surface area contributed by atoms with Crippen molar-refractivity contribution in [2.24, 2.45) is 0 Å². The summed E-state index contributed by atoms with van der Waals surface area (Å²) in [5.41, 5.74) is 4.22. The molecule has 0 spiro atoms. The molecule has 0 radical (unpaired) electrons. The van der Waals surface area contributed by atoms with E-state index in [0.29, 0.717) is 5.56 Å². The number of aryl methyl sites for hydroxylation is 1. The number of esters is 1. The molecule has 0 bridgehead atoms. The molecule has 3 heteroatoms. The molecule has 37 heavy (non-hydrogen) atoms. The topological polar surface area (TPSA) is 26.3 Å². The van der Waals surface area contributed by atoms with E-state index in [1.54, 1.807) is 0 Å². The molecular formula is C34H42O2S. The average molecular weight is 515 g/mol. The molecule has 0 heterocycles. The molecule has 1 atom stereocenters. The fourth-order valence-corrected chi connectivity index (χ4v) is 5.15. The normalized spacial score (nSPS) is 12.1. The van der Waals surface area contributed by atoms with Crippen molar-refractivity contribution in [1.82, 2.24) is 0 Å². The maximum absolute atomic E-state index is 12.8. The average Bonchev–Trinajstić information content (AvgIpc) is 2.93. The highest BCUT2D eigenvalue weighted by Gasteiger charge is 2.15. The summed E-state index contributed by atoms with van der Waals surface area (Å²) in [6, 6.07) is 27.0. The zero-order valence-electron chi connectivity index (χ0n) is 22.5. The van der Waals surface area contributed by atoms with Gasteiger partial charge in [-0.05, 0) is 79.5 Å². The van der Waals surface area contributed by atoms with Crippen LogP contribution in [0.15, 0.2) is 95.9 Å². The zero-order valence-corrected chi connectivity index (χ0v) is 23.3. The van der Waals surface area contributed by atoms with Gasteiger partial charge in [0.2, 0.25) is 0 Å². The highest BCUT2D eigenvalue weighted by Crippen LogP contribution is 2.25. The van der Waals surface area contributed by atoms with E-state index >= 15 is 0 Å². The molecular weight excluding hydrogens is 472 g/mol. The van der Waals surface area contributed by atoms with Crippen LogP contribution in [0, 0.1) is 0 Å². The molecule has 0 aliphatic rings. The van der Waals surface area contributed by atoms with Gasteiger partial charge in [0.25, 0.3) is 0 Å². The Morgan fingerprint density at radius 2 is 1.46 bits per heavy atom. The minimum absolute atomic E-state index is 0.0298. The van der Waals surface area contributed by atoms with Crippen molar-refractivity contribution in [3.05, 3.63) is 102 Å². The third-order valence-electron chi connectivity index (χ3n) is 6.47. The monoisotopic (exact) mass is 514 g/mol. The van der Waals surface area contributed by atoms with Crippen molar-refractivity contribution in [1.29, 1.82) is 0 Å². The van der Waals surface area contributed by atoms with Crippen molar-refractivity contribution in [3.63, 3.8) is 0 Å². The largest absolute Gasteiger partial charge is 0.459 e. The van der Waals surface area contributed by atoms with Crippen LogP contribution in [0.4, 0.5) is 0 Å². The Kier molecular flexibility index (Phi) is 13.1. The van der Waals surface area contributed by atoms with Gasteiger partial charge in [0, 0.05) is 10.6 Å². The predicted molar refractivity (Wildman–Crippen MR) is 159 cm³/mol. The lowest BCUT2D eigenvalue weighted by atomic mass is 10.0. The standard InChI is InChI=1S/C34H42O2S/c1-3-5-6-7-8-12-27-37-33-25-23-30(24-26-33)29-19-21-31(22-20-29)34(35)36-32(14-4-2)18-13-17-28-15-10-9-11-16-28/h7-11,15-16,19-26,32H,3-6,12-14,17-18,27H2,1-2H3/b8-7+. The third kappa shape index (κ3) is 10.6. The van der Waals surface area contributed by atoms with Crippen LogP contribution in [0.1, 0.15) is 81.1 Å². The van der Waals surface area contributed by atoms with Crippen LogP contribution in [-0.4, -0.2) is 17.8 Å². The summed E-state index contributed by atoms with van der Waals surface area (Å²) >= 11 is 1.90. The Labute approximate surface area is 228 Å². The molecule has 3 aromatic carbocycles. The summed E-state index contributed by atoms with van der Waals surface area (Å²) in [6.45, 7) is 4.37. The highest BCUT2D eigenvalue weighted by atomic mass is 32.2. The second-order valence-corrected chi connectivity index (χ2v) is 10.7. The van der Waals surface area contributed by atoms with Crippen molar-refractivity contribution in [3.8, 4) is 11.1 Å². The number of hydrogen-bond donors (Lipinski definition) is 0. The fourth-order valence-electron chi connectivity index (χ4n) is 4.33. The highest BCUT2D eigenvalue weighted by molar-refractivity contribution is 7.99. The van der Waals surface area contributed by atoms with Gasteiger partial charge in [-0.15, -0.1) is 11.8 Å². The van der Waals surface area contributed by atoms with Crippen molar-refractivity contribution < 1.29 is 9.53 Å². The van der Waals surface area contributed by atoms with Gasteiger partial charge in [0.05, 0.1) is 5.56 Å². The number of carbonyl (C=O) groups excluding carboxylic acids is 1. The van der Waals surface area contributed by atoms with Gasteiger partial charge < -0.3 is 4.74 Å². The van der Waals surface area contributed by atoms with Gasteiger partial charge in [-0.2, -0.15) is 0 Å². The summed E-state index contributed by atoms with van der Waals surface area (Å²) in [5, 5.41) is 0. The summed E-state index contributed by atoms with van der Waals surface area (Å²) in [5.74, 6) is 0.879. The Balaban J connectivity index is 1.47. The SMILES string of the molecule is CCCC/C=C/CCSc1ccc(-c2ccc(C(=O)OC(CCC)CCCc3ccccc3)cc2)cc1. The van der Waals surface area contributed by atoms with E-state index in [4.69, 9.17) is 4.74 Å². The van der Waals surface area contributed by atoms with Gasteiger partial charge in [-0.3, -0.25) is 0 Å². The van der Waals surface area contributed by atoms with Crippen LogP contribution in [0.5, 0.6) is 0 Å². The number of allylic oxidation sites excluding steroid dienone is 2. The van der Waals surface area contributed by atoms with Crippen molar-refractivity contribution >= 4 is 17.7 Å². The minimum Gasteiger partial charge on any atom is -0.459 e. The van der Waals surface area contributed by atoms with Crippen LogP contribution in [0.2, 0.25) is 0 Å². The molecule has 0 aliphatic carbocycles. The first kappa shape index (κ1) is 28.8. The van der Waals surface area contributed by atoms with Gasteiger partial charge in [-0.25, -0.2) is 4.79 Å². The molecule has 3 rings (SSSR count). The van der Waals surface area contributed by atoms with Crippen LogP contribution in [0.3, 0.4) is 0 Å². The Morgan fingerprint density at radius 1 is 0.784 bits per heavy atom.